The van der Waals surface area contributed by atoms with Crippen LogP contribution in [0.25, 0.3) is 0 Å². The van der Waals surface area contributed by atoms with Crippen molar-refractivity contribution in [3.63, 3.8) is 0 Å². The predicted molar refractivity (Wildman–Crippen MR) is 116 cm³/mol. The van der Waals surface area contributed by atoms with Crippen molar-refractivity contribution in [3.05, 3.63) is 70.3 Å². The molecule has 0 saturated heterocycles. The molecular formula is C25H29F5O3. The molecule has 0 amide bonds. The van der Waals surface area contributed by atoms with Crippen LogP contribution in [-0.2, 0) is 20.4 Å². The second-order valence-electron chi connectivity index (χ2n) is 9.35. The lowest BCUT2D eigenvalue weighted by atomic mass is 9.78. The monoisotopic (exact) mass is 472 g/mol. The normalized spacial score (nSPS) is 12.1. The molecule has 0 spiro atoms. The molecule has 0 aliphatic carbocycles. The van der Waals surface area contributed by atoms with Crippen LogP contribution in [0.5, 0.6) is 0 Å². The summed E-state index contributed by atoms with van der Waals surface area (Å²) < 4.78 is 63.0. The Balaban J connectivity index is 0.000000335. The molecule has 0 radical (unpaired) electrons. The zero-order valence-corrected chi connectivity index (χ0v) is 19.5. The van der Waals surface area contributed by atoms with Gasteiger partial charge in [0.1, 0.15) is 11.6 Å². The highest BCUT2D eigenvalue weighted by Gasteiger charge is 2.41. The van der Waals surface area contributed by atoms with Gasteiger partial charge in [0.05, 0.1) is 6.42 Å². The van der Waals surface area contributed by atoms with Crippen molar-refractivity contribution in [2.24, 2.45) is 0 Å². The maximum Gasteiger partial charge on any atom is 0.450 e. The van der Waals surface area contributed by atoms with E-state index in [9.17, 15) is 31.5 Å². The Bertz CT molecular complexity index is 1010. The standard InChI is InChI=1S/C13H14F4O.C12H15FO2/c1-8-4-5-9(14)6-10(8)12(2,3)7-11(18)13(15,16)17;1-8-4-5-9(13)6-10(8)12(2,3)7-11(14)15/h4-6H,7H2,1-3H3;4-6H,7H2,1-3H3,(H,14,15). The maximum absolute atomic E-state index is 13.1. The Labute approximate surface area is 190 Å². The van der Waals surface area contributed by atoms with Crippen LogP contribution in [0, 0.1) is 25.5 Å². The zero-order valence-electron chi connectivity index (χ0n) is 19.5. The SMILES string of the molecule is Cc1ccc(F)cc1C(C)(C)CC(=O)C(F)(F)F.Cc1ccc(F)cc1C(C)(C)CC(=O)O. The van der Waals surface area contributed by atoms with E-state index in [1.807, 2.05) is 20.8 Å². The van der Waals surface area contributed by atoms with E-state index in [1.54, 1.807) is 13.0 Å². The Hall–Kier alpha value is -2.77. The molecule has 8 heteroatoms. The molecular weight excluding hydrogens is 443 g/mol. The van der Waals surface area contributed by atoms with Crippen LogP contribution in [0.2, 0.25) is 0 Å². The minimum Gasteiger partial charge on any atom is -0.481 e. The number of carboxylic acids is 1. The van der Waals surface area contributed by atoms with Gasteiger partial charge in [-0.3, -0.25) is 9.59 Å². The highest BCUT2D eigenvalue weighted by atomic mass is 19.4. The molecule has 0 unspecified atom stereocenters. The van der Waals surface area contributed by atoms with Gasteiger partial charge in [0.15, 0.2) is 0 Å². The average Bonchev–Trinajstić information content (AvgIpc) is 2.64. The molecule has 2 aromatic rings. The van der Waals surface area contributed by atoms with E-state index >= 15 is 0 Å². The van der Waals surface area contributed by atoms with Crippen LogP contribution < -0.4 is 0 Å². The van der Waals surface area contributed by atoms with Gasteiger partial charge in [-0.1, -0.05) is 39.8 Å². The third kappa shape index (κ3) is 8.26. The summed E-state index contributed by atoms with van der Waals surface area (Å²) in [5.74, 6) is -3.52. The Kier molecular flexibility index (Phi) is 8.94. The van der Waals surface area contributed by atoms with Gasteiger partial charge < -0.3 is 5.11 Å². The second-order valence-corrected chi connectivity index (χ2v) is 9.35. The molecule has 0 aliphatic heterocycles. The molecule has 0 aliphatic rings. The molecule has 3 nitrogen and oxygen atoms in total. The fourth-order valence-electron chi connectivity index (χ4n) is 3.72. The van der Waals surface area contributed by atoms with E-state index in [0.29, 0.717) is 11.1 Å². The maximum atomic E-state index is 13.1. The highest BCUT2D eigenvalue weighted by Crippen LogP contribution is 2.33. The molecule has 1 N–H and O–H groups in total. The van der Waals surface area contributed by atoms with Crippen molar-refractivity contribution in [1.29, 1.82) is 0 Å². The minimum atomic E-state index is -4.85. The summed E-state index contributed by atoms with van der Waals surface area (Å²) in [5, 5.41) is 8.78. The van der Waals surface area contributed by atoms with Gasteiger partial charge in [0.25, 0.3) is 0 Å². The number of carbonyl (C=O) groups excluding carboxylic acids is 1. The number of aliphatic carboxylic acids is 1. The van der Waals surface area contributed by atoms with Gasteiger partial charge in [-0.25, -0.2) is 8.78 Å². The third-order valence-electron chi connectivity index (χ3n) is 5.37. The van der Waals surface area contributed by atoms with Gasteiger partial charge in [-0.05, 0) is 65.8 Å². The van der Waals surface area contributed by atoms with Gasteiger partial charge in [0, 0.05) is 11.8 Å². The average molecular weight is 472 g/mol. The van der Waals surface area contributed by atoms with Crippen molar-refractivity contribution < 1.29 is 36.6 Å². The van der Waals surface area contributed by atoms with Gasteiger partial charge in [-0.2, -0.15) is 13.2 Å². The van der Waals surface area contributed by atoms with Crippen LogP contribution in [-0.4, -0.2) is 23.0 Å². The van der Waals surface area contributed by atoms with Crippen molar-refractivity contribution >= 4 is 11.8 Å². The quantitative estimate of drug-likeness (QED) is 0.470. The predicted octanol–water partition coefficient (Wildman–Crippen LogP) is 6.82. The number of carboxylic acid groups (broad SMARTS) is 1. The topological polar surface area (TPSA) is 54.4 Å². The van der Waals surface area contributed by atoms with E-state index in [4.69, 9.17) is 5.11 Å². The smallest absolute Gasteiger partial charge is 0.450 e. The molecule has 0 bridgehead atoms. The molecule has 0 fully saturated rings. The van der Waals surface area contributed by atoms with Gasteiger partial charge in [0.2, 0.25) is 5.78 Å². The first-order valence-corrected chi connectivity index (χ1v) is 10.2. The number of ketones is 1. The number of rotatable bonds is 6. The summed E-state index contributed by atoms with van der Waals surface area (Å²) in [6.07, 6.45) is -5.55. The summed E-state index contributed by atoms with van der Waals surface area (Å²) in [4.78, 5) is 21.7. The minimum absolute atomic E-state index is 0.00269. The Morgan fingerprint density at radius 3 is 1.45 bits per heavy atom. The van der Waals surface area contributed by atoms with Crippen molar-refractivity contribution in [3.8, 4) is 0 Å². The number of benzene rings is 2. The zero-order chi connectivity index (χ0) is 25.8. The summed E-state index contributed by atoms with van der Waals surface area (Å²) in [6.45, 7) is 10.1. The summed E-state index contributed by atoms with van der Waals surface area (Å²) in [7, 11) is 0. The lowest BCUT2D eigenvalue weighted by Gasteiger charge is -2.26. The number of aryl methyl sites for hydroxylation is 2. The van der Waals surface area contributed by atoms with Gasteiger partial charge in [-0.15, -0.1) is 0 Å². The Morgan fingerprint density at radius 2 is 1.12 bits per heavy atom. The van der Waals surface area contributed by atoms with Crippen LogP contribution >= 0.6 is 0 Å². The van der Waals surface area contributed by atoms with Crippen molar-refractivity contribution in [2.45, 2.75) is 71.4 Å². The van der Waals surface area contributed by atoms with Crippen molar-refractivity contribution in [1.82, 2.24) is 0 Å². The first-order chi connectivity index (χ1) is 14.9. The first-order valence-electron chi connectivity index (χ1n) is 10.2. The Morgan fingerprint density at radius 1 is 0.758 bits per heavy atom. The van der Waals surface area contributed by atoms with E-state index in [2.05, 4.69) is 0 Å². The number of hydrogen-bond acceptors (Lipinski definition) is 2. The summed E-state index contributed by atoms with van der Waals surface area (Å²) in [5.41, 5.74) is 1.15. The molecule has 0 atom stereocenters. The van der Waals surface area contributed by atoms with Crippen LogP contribution in [0.1, 0.15) is 62.8 Å². The highest BCUT2D eigenvalue weighted by molar-refractivity contribution is 5.85. The van der Waals surface area contributed by atoms with Crippen molar-refractivity contribution in [2.75, 3.05) is 0 Å². The van der Waals surface area contributed by atoms with Crippen LogP contribution in [0.3, 0.4) is 0 Å². The summed E-state index contributed by atoms with van der Waals surface area (Å²) >= 11 is 0. The van der Waals surface area contributed by atoms with E-state index < -0.39 is 41.0 Å². The van der Waals surface area contributed by atoms with Gasteiger partial charge >= 0.3 is 12.1 Å². The molecule has 2 aromatic carbocycles. The third-order valence-corrected chi connectivity index (χ3v) is 5.37. The number of halogens is 5. The van der Waals surface area contributed by atoms with E-state index in [1.165, 1.54) is 44.2 Å². The van der Waals surface area contributed by atoms with Crippen LogP contribution in [0.15, 0.2) is 36.4 Å². The molecule has 33 heavy (non-hydrogen) atoms. The molecule has 0 saturated carbocycles. The molecule has 0 aromatic heterocycles. The second kappa shape index (κ2) is 10.4. The summed E-state index contributed by atoms with van der Waals surface area (Å²) in [6, 6.07) is 8.38. The number of hydrogen-bond donors (Lipinski definition) is 1. The lowest BCUT2D eigenvalue weighted by molar-refractivity contribution is -0.172. The lowest BCUT2D eigenvalue weighted by Crippen LogP contribution is -2.31. The number of carbonyl (C=O) groups is 2. The van der Waals surface area contributed by atoms with Crippen LogP contribution in [0.4, 0.5) is 22.0 Å². The number of alkyl halides is 3. The fraction of sp³-hybridized carbons (Fsp3) is 0.440. The number of Topliss-reactive ketones (excluding diaryl/α,β-unsaturated/α-hetero) is 1. The van der Waals surface area contributed by atoms with E-state index in [-0.39, 0.29) is 12.2 Å². The molecule has 182 valence electrons. The van der Waals surface area contributed by atoms with E-state index in [0.717, 1.165) is 11.1 Å². The fourth-order valence-corrected chi connectivity index (χ4v) is 3.72. The molecule has 0 heterocycles. The first kappa shape index (κ1) is 28.3. The largest absolute Gasteiger partial charge is 0.481 e. The molecule has 2 rings (SSSR count).